The number of nitrogens with zero attached hydrogens (tertiary/aromatic N) is 1. The van der Waals surface area contributed by atoms with E-state index in [1.807, 2.05) is 0 Å². The quantitative estimate of drug-likeness (QED) is 0.729. The number of carboxylic acid groups (broad SMARTS) is 1. The number of anilines is 1. The van der Waals surface area contributed by atoms with E-state index in [-0.39, 0.29) is 30.9 Å². The normalized spacial score (nSPS) is 19.7. The van der Waals surface area contributed by atoms with Gasteiger partial charge in [0.1, 0.15) is 5.75 Å². The molecule has 1 aromatic rings. The molecule has 1 aromatic carbocycles. The van der Waals surface area contributed by atoms with E-state index < -0.39 is 5.97 Å². The maximum Gasteiger partial charge on any atom is 0.305 e. The Morgan fingerprint density at radius 1 is 1.40 bits per heavy atom. The number of amides is 1. The number of carbonyl (C=O) groups excluding carboxylic acids is 1. The van der Waals surface area contributed by atoms with Crippen LogP contribution in [0.5, 0.6) is 5.75 Å². The number of likely N-dealkylation sites (tertiary alicyclic amines) is 1. The predicted octanol–water partition coefficient (Wildman–Crippen LogP) is 2.24. The molecule has 2 atom stereocenters. The number of aliphatic carboxylic acids is 1. The van der Waals surface area contributed by atoms with Crippen molar-refractivity contribution in [2.45, 2.75) is 31.4 Å². The standard InChI is InChI=1S/C17H23ClN2O5/c1-24-13-8-12(9-17(22)23)20(10-13)16(21)5-6-19-14-7-11(18)3-4-15(14)25-2/h3-4,7,12-13,19H,5-6,8-10H2,1-2H3,(H,22,23). The number of carboxylic acids is 1. The fourth-order valence-electron chi connectivity index (χ4n) is 3.01. The van der Waals surface area contributed by atoms with E-state index in [2.05, 4.69) is 5.32 Å². The average Bonchev–Trinajstić information content (AvgIpc) is 2.97. The lowest BCUT2D eigenvalue weighted by molar-refractivity contribution is -0.139. The lowest BCUT2D eigenvalue weighted by Crippen LogP contribution is -2.38. The first-order valence-electron chi connectivity index (χ1n) is 8.06. The molecule has 1 fully saturated rings. The van der Waals surface area contributed by atoms with Crippen LogP contribution in [0.15, 0.2) is 18.2 Å². The van der Waals surface area contributed by atoms with Crippen LogP contribution in [0.25, 0.3) is 0 Å². The molecule has 25 heavy (non-hydrogen) atoms. The lowest BCUT2D eigenvalue weighted by atomic mass is 10.1. The van der Waals surface area contributed by atoms with E-state index in [9.17, 15) is 9.59 Å². The number of benzene rings is 1. The first-order chi connectivity index (χ1) is 11.9. The highest BCUT2D eigenvalue weighted by Gasteiger charge is 2.36. The summed E-state index contributed by atoms with van der Waals surface area (Å²) in [6.07, 6.45) is 0.599. The topological polar surface area (TPSA) is 88.1 Å². The molecule has 1 heterocycles. The third-order valence-electron chi connectivity index (χ3n) is 4.26. The SMILES string of the molecule is COc1ccc(Cl)cc1NCCC(=O)N1CC(OC)CC1CC(=O)O. The van der Waals surface area contributed by atoms with Crippen LogP contribution in [0, 0.1) is 0 Å². The minimum atomic E-state index is -0.915. The molecule has 2 unspecified atom stereocenters. The molecule has 0 bridgehead atoms. The maximum absolute atomic E-state index is 12.5. The molecule has 1 aliphatic rings. The van der Waals surface area contributed by atoms with Crippen molar-refractivity contribution >= 4 is 29.2 Å². The summed E-state index contributed by atoms with van der Waals surface area (Å²) in [6.45, 7) is 0.817. The van der Waals surface area contributed by atoms with Gasteiger partial charge in [0.15, 0.2) is 0 Å². The Kier molecular flexibility index (Phi) is 6.90. The van der Waals surface area contributed by atoms with Crippen LogP contribution in [0.1, 0.15) is 19.3 Å². The van der Waals surface area contributed by atoms with Crippen molar-refractivity contribution in [3.8, 4) is 5.75 Å². The van der Waals surface area contributed by atoms with Gasteiger partial charge in [-0.1, -0.05) is 11.6 Å². The van der Waals surface area contributed by atoms with E-state index in [0.29, 0.717) is 36.0 Å². The molecule has 0 aromatic heterocycles. The highest BCUT2D eigenvalue weighted by atomic mass is 35.5. The predicted molar refractivity (Wildman–Crippen MR) is 94.3 cm³/mol. The third-order valence-corrected chi connectivity index (χ3v) is 4.49. The zero-order valence-electron chi connectivity index (χ0n) is 14.3. The molecule has 0 saturated carbocycles. The molecule has 1 saturated heterocycles. The number of halogens is 1. The van der Waals surface area contributed by atoms with Gasteiger partial charge in [-0.25, -0.2) is 0 Å². The van der Waals surface area contributed by atoms with E-state index in [1.165, 1.54) is 0 Å². The second kappa shape index (κ2) is 8.92. The third kappa shape index (κ3) is 5.24. The molecule has 0 radical (unpaired) electrons. The molecular formula is C17H23ClN2O5. The molecule has 138 valence electrons. The van der Waals surface area contributed by atoms with E-state index >= 15 is 0 Å². The van der Waals surface area contributed by atoms with Gasteiger partial charge in [0, 0.05) is 37.7 Å². The fourth-order valence-corrected chi connectivity index (χ4v) is 3.18. The van der Waals surface area contributed by atoms with Crippen LogP contribution in [0.4, 0.5) is 5.69 Å². The summed E-state index contributed by atoms with van der Waals surface area (Å²) < 4.78 is 10.5. The minimum absolute atomic E-state index is 0.0683. The van der Waals surface area contributed by atoms with E-state index in [1.54, 1.807) is 37.3 Å². The van der Waals surface area contributed by atoms with Gasteiger partial charge in [0.05, 0.1) is 25.3 Å². The van der Waals surface area contributed by atoms with E-state index in [0.717, 1.165) is 0 Å². The molecule has 2 N–H and O–H groups in total. The van der Waals surface area contributed by atoms with Crippen molar-refractivity contribution in [2.24, 2.45) is 0 Å². The summed E-state index contributed by atoms with van der Waals surface area (Å²) in [6, 6.07) is 4.88. The summed E-state index contributed by atoms with van der Waals surface area (Å²) in [5, 5.41) is 12.7. The summed E-state index contributed by atoms with van der Waals surface area (Å²) in [5.41, 5.74) is 0.709. The molecule has 8 heteroatoms. The largest absolute Gasteiger partial charge is 0.495 e. The summed E-state index contributed by atoms with van der Waals surface area (Å²) in [7, 11) is 3.13. The van der Waals surface area contributed by atoms with Gasteiger partial charge in [-0.15, -0.1) is 0 Å². The molecule has 7 nitrogen and oxygen atoms in total. The highest BCUT2D eigenvalue weighted by Crippen LogP contribution is 2.28. The van der Waals surface area contributed by atoms with Crippen molar-refractivity contribution in [3.05, 3.63) is 23.2 Å². The Balaban J connectivity index is 1.92. The molecule has 1 amide bonds. The number of ether oxygens (including phenoxy) is 2. The first kappa shape index (κ1) is 19.3. The smallest absolute Gasteiger partial charge is 0.305 e. The molecule has 0 aliphatic carbocycles. The second-order valence-corrected chi connectivity index (χ2v) is 6.35. The van der Waals surface area contributed by atoms with Crippen LogP contribution in [0.3, 0.4) is 0 Å². The number of rotatable bonds is 8. The number of methoxy groups -OCH3 is 2. The van der Waals surface area contributed by atoms with Gasteiger partial charge in [-0.3, -0.25) is 9.59 Å². The van der Waals surface area contributed by atoms with Crippen molar-refractivity contribution in [1.29, 1.82) is 0 Å². The number of nitrogens with one attached hydrogen (secondary N) is 1. The summed E-state index contributed by atoms with van der Waals surface area (Å²) in [4.78, 5) is 25.1. The van der Waals surface area contributed by atoms with Gasteiger partial charge >= 0.3 is 5.97 Å². The number of hydrogen-bond acceptors (Lipinski definition) is 5. The van der Waals surface area contributed by atoms with Crippen LogP contribution < -0.4 is 10.1 Å². The molecule has 2 rings (SSSR count). The Bertz CT molecular complexity index is 625. The number of hydrogen-bond donors (Lipinski definition) is 2. The van der Waals surface area contributed by atoms with Crippen LogP contribution in [-0.4, -0.2) is 61.3 Å². The highest BCUT2D eigenvalue weighted by molar-refractivity contribution is 6.30. The van der Waals surface area contributed by atoms with Crippen LogP contribution >= 0.6 is 11.6 Å². The van der Waals surface area contributed by atoms with Crippen molar-refractivity contribution < 1.29 is 24.2 Å². The monoisotopic (exact) mass is 370 g/mol. The molecular weight excluding hydrogens is 348 g/mol. The summed E-state index contributed by atoms with van der Waals surface area (Å²) in [5.74, 6) is -0.373. The second-order valence-electron chi connectivity index (χ2n) is 5.91. The summed E-state index contributed by atoms with van der Waals surface area (Å²) >= 11 is 5.98. The van der Waals surface area contributed by atoms with Crippen LogP contribution in [-0.2, 0) is 14.3 Å². The first-order valence-corrected chi connectivity index (χ1v) is 8.43. The van der Waals surface area contributed by atoms with Crippen molar-refractivity contribution in [3.63, 3.8) is 0 Å². The molecule has 0 spiro atoms. The van der Waals surface area contributed by atoms with Crippen LogP contribution in [0.2, 0.25) is 5.02 Å². The van der Waals surface area contributed by atoms with Gasteiger partial charge in [0.2, 0.25) is 5.91 Å². The Labute approximate surface area is 151 Å². The van der Waals surface area contributed by atoms with Gasteiger partial charge in [-0.2, -0.15) is 0 Å². The zero-order valence-corrected chi connectivity index (χ0v) is 15.1. The Morgan fingerprint density at radius 2 is 2.16 bits per heavy atom. The Hall–Kier alpha value is -1.99. The lowest BCUT2D eigenvalue weighted by Gasteiger charge is -2.23. The molecule has 1 aliphatic heterocycles. The number of carbonyl (C=O) groups is 2. The average molecular weight is 371 g/mol. The van der Waals surface area contributed by atoms with Gasteiger partial charge < -0.3 is 24.8 Å². The fraction of sp³-hybridized carbons (Fsp3) is 0.529. The Morgan fingerprint density at radius 3 is 2.80 bits per heavy atom. The zero-order chi connectivity index (χ0) is 18.4. The van der Waals surface area contributed by atoms with Crippen molar-refractivity contribution in [2.75, 3.05) is 32.6 Å². The van der Waals surface area contributed by atoms with Gasteiger partial charge in [0.25, 0.3) is 0 Å². The van der Waals surface area contributed by atoms with E-state index in [4.69, 9.17) is 26.2 Å². The minimum Gasteiger partial charge on any atom is -0.495 e. The van der Waals surface area contributed by atoms with Gasteiger partial charge in [-0.05, 0) is 24.6 Å². The van der Waals surface area contributed by atoms with Crippen molar-refractivity contribution in [1.82, 2.24) is 4.90 Å². The maximum atomic E-state index is 12.5.